The van der Waals surface area contributed by atoms with Crippen LogP contribution in [0.5, 0.6) is 0 Å². The summed E-state index contributed by atoms with van der Waals surface area (Å²) in [5.74, 6) is -3.33. The Labute approximate surface area is 103 Å². The molecule has 0 saturated carbocycles. The average Bonchev–Trinajstić information content (AvgIpc) is 2.22. The van der Waals surface area contributed by atoms with Gasteiger partial charge in [0.15, 0.2) is 0 Å². The Morgan fingerprint density at radius 3 is 2.06 bits per heavy atom. The fourth-order valence-corrected chi connectivity index (χ4v) is 0.990. The lowest BCUT2D eigenvalue weighted by molar-refractivity contribution is -0.158. The number of nitrogens with one attached hydrogen (secondary N) is 1. The summed E-state index contributed by atoms with van der Waals surface area (Å²) >= 11 is 0. The molecule has 0 fully saturated rings. The number of rotatable bonds is 1. The van der Waals surface area contributed by atoms with E-state index in [4.69, 9.17) is 0 Å². The fourth-order valence-electron chi connectivity index (χ4n) is 0.990. The quantitative estimate of drug-likeness (QED) is 0.785. The number of carbonyl (C=O) groups is 2. The summed E-state index contributed by atoms with van der Waals surface area (Å²) in [5, 5.41) is 0. The van der Waals surface area contributed by atoms with Crippen molar-refractivity contribution in [3.8, 4) is 0 Å². The summed E-state index contributed by atoms with van der Waals surface area (Å²) in [6.07, 6.45) is 0. The molecule has 1 aromatic carbocycles. The highest BCUT2D eigenvalue weighted by Gasteiger charge is 2.24. The summed E-state index contributed by atoms with van der Waals surface area (Å²) in [6, 6.07) is 2.31. The van der Waals surface area contributed by atoms with Crippen LogP contribution in [-0.4, -0.2) is 11.9 Å². The van der Waals surface area contributed by atoms with Crippen LogP contribution >= 0.6 is 0 Å². The van der Waals surface area contributed by atoms with Gasteiger partial charge in [-0.2, -0.15) is 5.48 Å². The second kappa shape index (κ2) is 5.12. The SMILES string of the molecule is CC(C)(C)C(=O)ONC(=O)c1cc(F)cc(F)c1. The predicted octanol–water partition coefficient (Wildman–Crippen LogP) is 2.20. The van der Waals surface area contributed by atoms with Crippen molar-refractivity contribution in [2.75, 3.05) is 0 Å². The molecule has 1 aromatic rings. The molecule has 0 spiro atoms. The lowest BCUT2D eigenvalue weighted by Gasteiger charge is -2.15. The molecule has 0 radical (unpaired) electrons. The third-order valence-corrected chi connectivity index (χ3v) is 1.97. The van der Waals surface area contributed by atoms with Crippen LogP contribution in [0.25, 0.3) is 0 Å². The third kappa shape index (κ3) is 3.80. The second-order valence-corrected chi connectivity index (χ2v) is 4.73. The standard InChI is InChI=1S/C12H13F2NO3/c1-12(2,3)11(17)18-15-10(16)7-4-8(13)6-9(14)5-7/h4-6H,1-3H3,(H,15,16). The molecule has 0 aliphatic carbocycles. The first kappa shape index (κ1) is 14.1. The molecule has 0 atom stereocenters. The Kier molecular flexibility index (Phi) is 4.00. The fraction of sp³-hybridized carbons (Fsp3) is 0.333. The molecule has 0 heterocycles. The number of halogens is 2. The number of carbonyl (C=O) groups excluding carboxylic acids is 2. The summed E-state index contributed by atoms with van der Waals surface area (Å²) in [7, 11) is 0. The minimum Gasteiger partial charge on any atom is -0.340 e. The van der Waals surface area contributed by atoms with Crippen LogP contribution in [0.1, 0.15) is 31.1 Å². The van der Waals surface area contributed by atoms with Crippen LogP contribution in [-0.2, 0) is 9.63 Å². The molecule has 1 rings (SSSR count). The van der Waals surface area contributed by atoms with Gasteiger partial charge in [0.1, 0.15) is 11.6 Å². The van der Waals surface area contributed by atoms with Gasteiger partial charge in [0, 0.05) is 11.6 Å². The Hall–Kier alpha value is -1.98. The molecule has 0 aromatic heterocycles. The zero-order valence-corrected chi connectivity index (χ0v) is 10.2. The average molecular weight is 257 g/mol. The Balaban J connectivity index is 2.69. The Morgan fingerprint density at radius 2 is 1.61 bits per heavy atom. The number of hydrogen-bond donors (Lipinski definition) is 1. The molecule has 0 aliphatic rings. The molecule has 1 N–H and O–H groups in total. The van der Waals surface area contributed by atoms with Crippen LogP contribution in [0.3, 0.4) is 0 Å². The zero-order chi connectivity index (χ0) is 13.9. The monoisotopic (exact) mass is 257 g/mol. The van der Waals surface area contributed by atoms with Crippen molar-refractivity contribution in [3.05, 3.63) is 35.4 Å². The topological polar surface area (TPSA) is 55.4 Å². The van der Waals surface area contributed by atoms with Crippen LogP contribution in [0.4, 0.5) is 8.78 Å². The van der Waals surface area contributed by atoms with E-state index < -0.39 is 28.9 Å². The number of benzene rings is 1. The first-order valence-corrected chi connectivity index (χ1v) is 5.18. The van der Waals surface area contributed by atoms with E-state index in [0.29, 0.717) is 6.07 Å². The number of hydroxylamine groups is 1. The molecule has 6 heteroatoms. The maximum atomic E-state index is 12.8. The molecular formula is C12H13F2NO3. The summed E-state index contributed by atoms with van der Waals surface area (Å²) < 4.78 is 25.7. The van der Waals surface area contributed by atoms with Gasteiger partial charge in [-0.3, -0.25) is 4.79 Å². The lowest BCUT2D eigenvalue weighted by Crippen LogP contribution is -2.33. The van der Waals surface area contributed by atoms with Gasteiger partial charge in [0.25, 0.3) is 5.91 Å². The van der Waals surface area contributed by atoms with E-state index in [1.807, 2.05) is 5.48 Å². The molecule has 4 nitrogen and oxygen atoms in total. The van der Waals surface area contributed by atoms with Gasteiger partial charge in [0.05, 0.1) is 5.41 Å². The van der Waals surface area contributed by atoms with Gasteiger partial charge < -0.3 is 4.84 Å². The van der Waals surface area contributed by atoms with Crippen molar-refractivity contribution in [2.24, 2.45) is 5.41 Å². The number of amides is 1. The maximum Gasteiger partial charge on any atom is 0.337 e. The van der Waals surface area contributed by atoms with E-state index in [-0.39, 0.29) is 5.56 Å². The Morgan fingerprint density at radius 1 is 1.11 bits per heavy atom. The molecule has 0 aliphatic heterocycles. The lowest BCUT2D eigenvalue weighted by atomic mass is 9.98. The highest BCUT2D eigenvalue weighted by molar-refractivity contribution is 5.94. The molecule has 0 bridgehead atoms. The molecule has 18 heavy (non-hydrogen) atoms. The van der Waals surface area contributed by atoms with E-state index in [1.165, 1.54) is 0 Å². The highest BCUT2D eigenvalue weighted by Crippen LogP contribution is 2.14. The second-order valence-electron chi connectivity index (χ2n) is 4.73. The van der Waals surface area contributed by atoms with Gasteiger partial charge in [-0.25, -0.2) is 13.6 Å². The molecule has 98 valence electrons. The van der Waals surface area contributed by atoms with Gasteiger partial charge in [-0.1, -0.05) is 0 Å². The van der Waals surface area contributed by atoms with E-state index in [0.717, 1.165) is 12.1 Å². The van der Waals surface area contributed by atoms with Gasteiger partial charge >= 0.3 is 5.97 Å². The zero-order valence-electron chi connectivity index (χ0n) is 10.2. The van der Waals surface area contributed by atoms with Gasteiger partial charge in [-0.05, 0) is 32.9 Å². The van der Waals surface area contributed by atoms with Gasteiger partial charge in [0.2, 0.25) is 0 Å². The van der Waals surface area contributed by atoms with E-state index in [1.54, 1.807) is 20.8 Å². The van der Waals surface area contributed by atoms with E-state index in [9.17, 15) is 18.4 Å². The normalized spacial score (nSPS) is 10.9. The van der Waals surface area contributed by atoms with Gasteiger partial charge in [-0.15, -0.1) is 0 Å². The number of hydrogen-bond acceptors (Lipinski definition) is 3. The van der Waals surface area contributed by atoms with Crippen molar-refractivity contribution in [1.82, 2.24) is 5.48 Å². The predicted molar refractivity (Wildman–Crippen MR) is 59.4 cm³/mol. The minimum absolute atomic E-state index is 0.269. The molecule has 0 saturated heterocycles. The summed E-state index contributed by atoms with van der Waals surface area (Å²) in [5.41, 5.74) is 0.777. The van der Waals surface area contributed by atoms with E-state index in [2.05, 4.69) is 4.84 Å². The van der Waals surface area contributed by atoms with Crippen LogP contribution in [0, 0.1) is 17.0 Å². The van der Waals surface area contributed by atoms with Crippen molar-refractivity contribution in [1.29, 1.82) is 0 Å². The Bertz CT molecular complexity index is 460. The summed E-state index contributed by atoms with van der Waals surface area (Å²) in [4.78, 5) is 27.3. The van der Waals surface area contributed by atoms with Crippen LogP contribution < -0.4 is 5.48 Å². The first-order valence-electron chi connectivity index (χ1n) is 5.18. The molecular weight excluding hydrogens is 244 g/mol. The third-order valence-electron chi connectivity index (χ3n) is 1.97. The van der Waals surface area contributed by atoms with Crippen molar-refractivity contribution < 1.29 is 23.2 Å². The smallest absolute Gasteiger partial charge is 0.337 e. The largest absolute Gasteiger partial charge is 0.340 e. The van der Waals surface area contributed by atoms with Crippen molar-refractivity contribution in [3.63, 3.8) is 0 Å². The first-order chi connectivity index (χ1) is 8.20. The molecule has 0 unspecified atom stereocenters. The van der Waals surface area contributed by atoms with Crippen LogP contribution in [0.15, 0.2) is 18.2 Å². The maximum absolute atomic E-state index is 12.8. The van der Waals surface area contributed by atoms with Crippen molar-refractivity contribution >= 4 is 11.9 Å². The molecule has 1 amide bonds. The van der Waals surface area contributed by atoms with E-state index >= 15 is 0 Å². The van der Waals surface area contributed by atoms with Crippen molar-refractivity contribution in [2.45, 2.75) is 20.8 Å². The minimum atomic E-state index is -0.897. The van der Waals surface area contributed by atoms with Crippen LogP contribution in [0.2, 0.25) is 0 Å². The highest BCUT2D eigenvalue weighted by atomic mass is 19.1. The summed E-state index contributed by atoms with van der Waals surface area (Å²) in [6.45, 7) is 4.80.